The minimum absolute atomic E-state index is 0.242. The van der Waals surface area contributed by atoms with Crippen molar-refractivity contribution in [1.29, 1.82) is 0 Å². The molecule has 3 rings (SSSR count). The van der Waals surface area contributed by atoms with Crippen molar-refractivity contribution < 1.29 is 18.3 Å². The van der Waals surface area contributed by atoms with Gasteiger partial charge in [-0.1, -0.05) is 12.1 Å². The summed E-state index contributed by atoms with van der Waals surface area (Å²) in [5, 5.41) is 13.4. The third-order valence-corrected chi connectivity index (χ3v) is 4.61. The van der Waals surface area contributed by atoms with E-state index in [-0.39, 0.29) is 5.75 Å². The summed E-state index contributed by atoms with van der Waals surface area (Å²) < 4.78 is 37.8. The molecular formula is C18H18F3N3OS. The number of aromatic hydroxyl groups is 1. The van der Waals surface area contributed by atoms with Crippen molar-refractivity contribution in [3.8, 4) is 5.75 Å². The molecule has 2 aromatic carbocycles. The molecule has 26 heavy (non-hydrogen) atoms. The molecule has 0 atom stereocenters. The van der Waals surface area contributed by atoms with E-state index in [1.165, 1.54) is 12.1 Å². The molecule has 0 unspecified atom stereocenters. The van der Waals surface area contributed by atoms with Gasteiger partial charge >= 0.3 is 6.18 Å². The number of phenols is 1. The first-order valence-corrected chi connectivity index (χ1v) is 8.51. The Labute approximate surface area is 154 Å². The van der Waals surface area contributed by atoms with E-state index < -0.39 is 11.7 Å². The number of anilines is 2. The number of piperazine rings is 1. The molecule has 1 aliphatic heterocycles. The van der Waals surface area contributed by atoms with Crippen LogP contribution in [0, 0.1) is 0 Å². The van der Waals surface area contributed by atoms with Crippen molar-refractivity contribution >= 4 is 28.7 Å². The summed E-state index contributed by atoms with van der Waals surface area (Å²) in [7, 11) is 0. The molecule has 0 aromatic heterocycles. The summed E-state index contributed by atoms with van der Waals surface area (Å²) in [5.74, 6) is 0.242. The van der Waals surface area contributed by atoms with E-state index in [1.54, 1.807) is 12.1 Å². The summed E-state index contributed by atoms with van der Waals surface area (Å²) >= 11 is 5.37. The van der Waals surface area contributed by atoms with Crippen molar-refractivity contribution in [2.24, 2.45) is 0 Å². The van der Waals surface area contributed by atoms with Gasteiger partial charge in [-0.25, -0.2) is 0 Å². The fourth-order valence-electron chi connectivity index (χ4n) is 2.83. The van der Waals surface area contributed by atoms with Crippen LogP contribution in [0.5, 0.6) is 5.75 Å². The number of hydrogen-bond donors (Lipinski definition) is 2. The van der Waals surface area contributed by atoms with Crippen LogP contribution in [0.2, 0.25) is 0 Å². The van der Waals surface area contributed by atoms with Crippen LogP contribution in [-0.4, -0.2) is 41.3 Å². The first-order valence-electron chi connectivity index (χ1n) is 8.11. The number of nitrogens with one attached hydrogen (secondary N) is 1. The fraction of sp³-hybridized carbons (Fsp3) is 0.278. The minimum atomic E-state index is -4.35. The molecule has 1 fully saturated rings. The van der Waals surface area contributed by atoms with Crippen molar-refractivity contribution in [3.63, 3.8) is 0 Å². The molecule has 0 amide bonds. The standard InChI is InChI=1S/C18H18F3N3OS/c19-18(20,21)13-5-7-14(8-6-13)22-17(26)24-11-9-23(10-12-24)15-3-1-2-4-16(15)25/h1-8,25H,9-12H2,(H,22,26). The first kappa shape index (κ1) is 18.3. The van der Waals surface area contributed by atoms with Gasteiger partial charge in [0.25, 0.3) is 0 Å². The lowest BCUT2D eigenvalue weighted by Gasteiger charge is -2.37. The van der Waals surface area contributed by atoms with Crippen molar-refractivity contribution in [2.45, 2.75) is 6.18 Å². The van der Waals surface area contributed by atoms with Gasteiger partial charge in [-0.2, -0.15) is 13.2 Å². The van der Waals surface area contributed by atoms with Crippen molar-refractivity contribution in [2.75, 3.05) is 36.4 Å². The van der Waals surface area contributed by atoms with Crippen LogP contribution in [0.1, 0.15) is 5.56 Å². The van der Waals surface area contributed by atoms with Gasteiger partial charge in [0.2, 0.25) is 0 Å². The lowest BCUT2D eigenvalue weighted by Crippen LogP contribution is -2.50. The minimum Gasteiger partial charge on any atom is -0.506 e. The number of para-hydroxylation sites is 2. The highest BCUT2D eigenvalue weighted by Gasteiger charge is 2.30. The number of rotatable bonds is 2. The van der Waals surface area contributed by atoms with E-state index in [1.807, 2.05) is 17.0 Å². The van der Waals surface area contributed by atoms with Gasteiger partial charge in [0.05, 0.1) is 11.3 Å². The van der Waals surface area contributed by atoms with E-state index in [0.717, 1.165) is 17.8 Å². The first-order chi connectivity index (χ1) is 12.3. The molecule has 1 saturated heterocycles. The van der Waals surface area contributed by atoms with Crippen LogP contribution in [0.25, 0.3) is 0 Å². The molecule has 138 valence electrons. The molecule has 1 aliphatic rings. The number of alkyl halides is 3. The van der Waals surface area contributed by atoms with E-state index in [0.29, 0.717) is 37.0 Å². The quantitative estimate of drug-likeness (QED) is 0.772. The Bertz CT molecular complexity index is 772. The second-order valence-electron chi connectivity index (χ2n) is 5.97. The average Bonchev–Trinajstić information content (AvgIpc) is 2.62. The maximum atomic E-state index is 12.6. The Kier molecular flexibility index (Phi) is 5.22. The molecule has 1 heterocycles. The number of phenolic OH excluding ortho intramolecular Hbond substituents is 1. The van der Waals surface area contributed by atoms with Gasteiger partial charge in [-0.15, -0.1) is 0 Å². The SMILES string of the molecule is Oc1ccccc1N1CCN(C(=S)Nc2ccc(C(F)(F)F)cc2)CC1. The number of hydrogen-bond acceptors (Lipinski definition) is 3. The van der Waals surface area contributed by atoms with E-state index in [2.05, 4.69) is 10.2 Å². The van der Waals surface area contributed by atoms with Crippen molar-refractivity contribution in [3.05, 3.63) is 54.1 Å². The molecular weight excluding hydrogens is 363 g/mol. The number of thiocarbonyl (C=S) groups is 1. The number of halogens is 3. The number of benzene rings is 2. The normalized spacial score (nSPS) is 15.0. The highest BCUT2D eigenvalue weighted by atomic mass is 32.1. The van der Waals surface area contributed by atoms with E-state index in [9.17, 15) is 18.3 Å². The largest absolute Gasteiger partial charge is 0.506 e. The van der Waals surface area contributed by atoms with Gasteiger partial charge in [-0.05, 0) is 48.6 Å². The predicted molar refractivity (Wildman–Crippen MR) is 99.6 cm³/mol. The van der Waals surface area contributed by atoms with Gasteiger partial charge in [-0.3, -0.25) is 0 Å². The Hall–Kier alpha value is -2.48. The monoisotopic (exact) mass is 381 g/mol. The van der Waals surface area contributed by atoms with Crippen LogP contribution >= 0.6 is 12.2 Å². The molecule has 0 spiro atoms. The van der Waals surface area contributed by atoms with E-state index in [4.69, 9.17) is 12.2 Å². The zero-order chi connectivity index (χ0) is 18.7. The second kappa shape index (κ2) is 7.41. The fourth-order valence-corrected chi connectivity index (χ4v) is 3.13. The highest BCUT2D eigenvalue weighted by molar-refractivity contribution is 7.80. The molecule has 0 radical (unpaired) electrons. The molecule has 2 N–H and O–H groups in total. The van der Waals surface area contributed by atoms with Crippen LogP contribution in [-0.2, 0) is 6.18 Å². The summed E-state index contributed by atoms with van der Waals surface area (Å²) in [6.45, 7) is 2.68. The molecule has 0 bridgehead atoms. The third-order valence-electron chi connectivity index (χ3n) is 4.25. The second-order valence-corrected chi connectivity index (χ2v) is 6.35. The smallest absolute Gasteiger partial charge is 0.416 e. The van der Waals surface area contributed by atoms with Gasteiger partial charge < -0.3 is 20.2 Å². The van der Waals surface area contributed by atoms with Crippen molar-refractivity contribution in [1.82, 2.24) is 4.90 Å². The maximum Gasteiger partial charge on any atom is 0.416 e. The third kappa shape index (κ3) is 4.19. The molecule has 0 aliphatic carbocycles. The molecule has 2 aromatic rings. The Balaban J connectivity index is 1.56. The zero-order valence-electron chi connectivity index (χ0n) is 13.8. The lowest BCUT2D eigenvalue weighted by atomic mass is 10.2. The molecule has 0 saturated carbocycles. The van der Waals surface area contributed by atoms with Crippen LogP contribution in [0.15, 0.2) is 48.5 Å². The Morgan fingerprint density at radius 3 is 2.15 bits per heavy atom. The van der Waals surface area contributed by atoms with Gasteiger partial charge in [0, 0.05) is 31.9 Å². The van der Waals surface area contributed by atoms with Gasteiger partial charge in [0.1, 0.15) is 5.75 Å². The van der Waals surface area contributed by atoms with E-state index >= 15 is 0 Å². The highest BCUT2D eigenvalue weighted by Crippen LogP contribution is 2.30. The predicted octanol–water partition coefficient (Wildman–Crippen LogP) is 3.93. The average molecular weight is 381 g/mol. The van der Waals surface area contributed by atoms with Crippen LogP contribution in [0.3, 0.4) is 0 Å². The maximum absolute atomic E-state index is 12.6. The van der Waals surface area contributed by atoms with Crippen LogP contribution < -0.4 is 10.2 Å². The van der Waals surface area contributed by atoms with Crippen LogP contribution in [0.4, 0.5) is 24.5 Å². The molecule has 4 nitrogen and oxygen atoms in total. The summed E-state index contributed by atoms with van der Waals surface area (Å²) in [6, 6.07) is 12.0. The Morgan fingerprint density at radius 1 is 0.962 bits per heavy atom. The van der Waals surface area contributed by atoms with Gasteiger partial charge in [0.15, 0.2) is 5.11 Å². The summed E-state index contributed by atoms with van der Waals surface area (Å²) in [4.78, 5) is 4.04. The molecule has 8 heteroatoms. The summed E-state index contributed by atoms with van der Waals surface area (Å²) in [5.41, 5.74) is 0.616. The zero-order valence-corrected chi connectivity index (χ0v) is 14.6. The summed E-state index contributed by atoms with van der Waals surface area (Å²) in [6.07, 6.45) is -4.35. The lowest BCUT2D eigenvalue weighted by molar-refractivity contribution is -0.137. The number of nitrogens with zero attached hydrogens (tertiary/aromatic N) is 2. The Morgan fingerprint density at radius 2 is 1.58 bits per heavy atom. The topological polar surface area (TPSA) is 38.7 Å².